The third-order valence-corrected chi connectivity index (χ3v) is 4.90. The summed E-state index contributed by atoms with van der Waals surface area (Å²) >= 11 is 7.69. The van der Waals surface area contributed by atoms with Crippen LogP contribution in [0, 0.1) is 13.8 Å². The fourth-order valence-electron chi connectivity index (χ4n) is 2.27. The smallest absolute Gasteiger partial charge is 0.191 e. The average Bonchev–Trinajstić information content (AvgIpc) is 3.10. The van der Waals surface area contributed by atoms with Crippen molar-refractivity contribution in [2.75, 3.05) is 7.05 Å². The lowest BCUT2D eigenvalue weighted by atomic mass is 10.4. The molecule has 3 aromatic heterocycles. The van der Waals surface area contributed by atoms with E-state index >= 15 is 0 Å². The summed E-state index contributed by atoms with van der Waals surface area (Å²) in [7, 11) is 1.75. The van der Waals surface area contributed by atoms with Crippen molar-refractivity contribution >= 4 is 34.5 Å². The average molecular weight is 363 g/mol. The van der Waals surface area contributed by atoms with E-state index in [2.05, 4.69) is 32.5 Å². The number of aryl methyl sites for hydroxylation is 2. The number of aromatic nitrogens is 3. The Morgan fingerprint density at radius 1 is 1.21 bits per heavy atom. The van der Waals surface area contributed by atoms with Gasteiger partial charge in [-0.05, 0) is 26.0 Å². The third kappa shape index (κ3) is 3.85. The van der Waals surface area contributed by atoms with Crippen molar-refractivity contribution < 1.29 is 0 Å². The van der Waals surface area contributed by atoms with E-state index in [1.165, 1.54) is 4.88 Å². The Bertz CT molecular complexity index is 862. The minimum absolute atomic E-state index is 0.578. The van der Waals surface area contributed by atoms with Gasteiger partial charge in [-0.25, -0.2) is 9.97 Å². The van der Waals surface area contributed by atoms with Gasteiger partial charge in [-0.1, -0.05) is 11.6 Å². The van der Waals surface area contributed by atoms with Crippen LogP contribution in [0.4, 0.5) is 0 Å². The van der Waals surface area contributed by atoms with E-state index in [0.717, 1.165) is 28.0 Å². The van der Waals surface area contributed by atoms with Gasteiger partial charge in [-0.3, -0.25) is 4.99 Å². The minimum atomic E-state index is 0.578. The van der Waals surface area contributed by atoms with Gasteiger partial charge in [0.1, 0.15) is 10.7 Å². The zero-order valence-electron chi connectivity index (χ0n) is 13.8. The molecule has 126 valence electrons. The number of halogens is 1. The zero-order chi connectivity index (χ0) is 17.1. The van der Waals surface area contributed by atoms with Crippen molar-refractivity contribution in [2.24, 2.45) is 4.99 Å². The molecular formula is C16H19ClN6S. The molecule has 6 nitrogen and oxygen atoms in total. The van der Waals surface area contributed by atoms with E-state index in [-0.39, 0.29) is 0 Å². The molecule has 24 heavy (non-hydrogen) atoms. The predicted molar refractivity (Wildman–Crippen MR) is 98.8 cm³/mol. The van der Waals surface area contributed by atoms with Crippen LogP contribution in [0.1, 0.15) is 21.3 Å². The Morgan fingerprint density at radius 3 is 2.71 bits per heavy atom. The molecule has 0 saturated carbocycles. The molecule has 0 aliphatic rings. The lowest BCUT2D eigenvalue weighted by molar-refractivity contribution is 0.794. The Hall–Kier alpha value is -2.12. The number of hydrogen-bond acceptors (Lipinski definition) is 4. The highest BCUT2D eigenvalue weighted by molar-refractivity contribution is 7.11. The van der Waals surface area contributed by atoms with Gasteiger partial charge in [-0.15, -0.1) is 11.3 Å². The number of pyridine rings is 1. The standard InChI is InChI=1S/C16H19ClN6S/c1-10-11(2)24-15(21-10)7-20-16(18-3)19-6-13-9-23-8-12(17)4-5-14(23)22-13/h4-5,8-9H,6-7H2,1-3H3,(H2,18,19,20). The Labute approximate surface area is 149 Å². The lowest BCUT2D eigenvalue weighted by Crippen LogP contribution is -2.36. The molecule has 0 amide bonds. The Balaban J connectivity index is 1.58. The van der Waals surface area contributed by atoms with E-state index in [0.29, 0.717) is 18.1 Å². The maximum atomic E-state index is 5.99. The van der Waals surface area contributed by atoms with Crippen molar-refractivity contribution in [3.8, 4) is 0 Å². The number of aliphatic imine (C=N–C) groups is 1. The highest BCUT2D eigenvalue weighted by Crippen LogP contribution is 2.16. The first-order chi connectivity index (χ1) is 11.5. The number of hydrogen-bond donors (Lipinski definition) is 2. The number of thiazole rings is 1. The van der Waals surface area contributed by atoms with Crippen molar-refractivity contribution in [2.45, 2.75) is 26.9 Å². The molecule has 0 aliphatic heterocycles. The predicted octanol–water partition coefficient (Wildman–Crippen LogP) is 2.93. The summed E-state index contributed by atoms with van der Waals surface area (Å²) in [6, 6.07) is 3.73. The molecule has 2 N–H and O–H groups in total. The van der Waals surface area contributed by atoms with Gasteiger partial charge in [-0.2, -0.15) is 0 Å². The summed E-state index contributed by atoms with van der Waals surface area (Å²) in [6.07, 6.45) is 3.79. The fraction of sp³-hybridized carbons (Fsp3) is 0.312. The van der Waals surface area contributed by atoms with Gasteiger partial charge in [0.15, 0.2) is 5.96 Å². The summed E-state index contributed by atoms with van der Waals surface area (Å²) in [5.41, 5.74) is 2.87. The maximum absolute atomic E-state index is 5.99. The second-order valence-electron chi connectivity index (χ2n) is 5.37. The first-order valence-corrected chi connectivity index (χ1v) is 8.75. The Morgan fingerprint density at radius 2 is 2.00 bits per heavy atom. The van der Waals surface area contributed by atoms with Crippen molar-refractivity contribution in [3.05, 3.63) is 50.8 Å². The Kier molecular flexibility index (Phi) is 5.01. The minimum Gasteiger partial charge on any atom is -0.351 e. The molecule has 0 unspecified atom stereocenters. The highest BCUT2D eigenvalue weighted by Gasteiger charge is 2.06. The normalized spacial score (nSPS) is 11.9. The third-order valence-electron chi connectivity index (χ3n) is 3.61. The van der Waals surface area contributed by atoms with E-state index in [9.17, 15) is 0 Å². The van der Waals surface area contributed by atoms with Crippen LogP contribution >= 0.6 is 22.9 Å². The summed E-state index contributed by atoms with van der Waals surface area (Å²) in [6.45, 7) is 5.34. The van der Waals surface area contributed by atoms with Gasteiger partial charge >= 0.3 is 0 Å². The van der Waals surface area contributed by atoms with Crippen LogP contribution < -0.4 is 10.6 Å². The molecule has 0 spiro atoms. The van der Waals surface area contributed by atoms with Gasteiger partial charge < -0.3 is 15.0 Å². The van der Waals surface area contributed by atoms with Gasteiger partial charge in [0.05, 0.1) is 29.5 Å². The molecule has 3 heterocycles. The van der Waals surface area contributed by atoms with Crippen LogP contribution in [0.15, 0.2) is 29.5 Å². The van der Waals surface area contributed by atoms with Crippen LogP contribution in [-0.4, -0.2) is 27.4 Å². The number of guanidine groups is 1. The topological polar surface area (TPSA) is 66.6 Å². The van der Waals surface area contributed by atoms with Crippen molar-refractivity contribution in [1.82, 2.24) is 25.0 Å². The largest absolute Gasteiger partial charge is 0.351 e. The molecule has 0 radical (unpaired) electrons. The van der Waals surface area contributed by atoms with Gasteiger partial charge in [0, 0.05) is 24.3 Å². The van der Waals surface area contributed by atoms with Crippen LogP contribution in [0.5, 0.6) is 0 Å². The maximum Gasteiger partial charge on any atom is 0.191 e. The summed E-state index contributed by atoms with van der Waals surface area (Å²) in [5.74, 6) is 0.718. The zero-order valence-corrected chi connectivity index (χ0v) is 15.4. The van der Waals surface area contributed by atoms with Crippen molar-refractivity contribution in [1.29, 1.82) is 0 Å². The van der Waals surface area contributed by atoms with Crippen LogP contribution in [0.3, 0.4) is 0 Å². The molecule has 0 aromatic carbocycles. The molecule has 0 atom stereocenters. The summed E-state index contributed by atoms with van der Waals surface area (Å²) < 4.78 is 1.91. The first kappa shape index (κ1) is 16.7. The second kappa shape index (κ2) is 7.19. The van der Waals surface area contributed by atoms with Crippen LogP contribution in [0.2, 0.25) is 5.02 Å². The first-order valence-electron chi connectivity index (χ1n) is 7.55. The molecule has 3 rings (SSSR count). The number of imidazole rings is 1. The summed E-state index contributed by atoms with van der Waals surface area (Å²) in [4.78, 5) is 14.5. The SMILES string of the molecule is CN=C(NCc1cn2cc(Cl)ccc2n1)NCc1nc(C)c(C)s1. The molecule has 0 fully saturated rings. The molecule has 8 heteroatoms. The number of rotatable bonds is 4. The van der Waals surface area contributed by atoms with Crippen molar-refractivity contribution in [3.63, 3.8) is 0 Å². The van der Waals surface area contributed by atoms with Gasteiger partial charge in [0.2, 0.25) is 0 Å². The van der Waals surface area contributed by atoms with E-state index in [4.69, 9.17) is 11.6 Å². The lowest BCUT2D eigenvalue weighted by Gasteiger charge is -2.09. The molecule has 0 saturated heterocycles. The molecular weight excluding hydrogens is 344 g/mol. The molecule has 0 bridgehead atoms. The highest BCUT2D eigenvalue weighted by atomic mass is 35.5. The van der Waals surface area contributed by atoms with Gasteiger partial charge in [0.25, 0.3) is 0 Å². The quantitative estimate of drug-likeness (QED) is 0.553. The number of nitrogens with zero attached hydrogens (tertiary/aromatic N) is 4. The van der Waals surface area contributed by atoms with Crippen LogP contribution in [0.25, 0.3) is 5.65 Å². The van der Waals surface area contributed by atoms with E-state index in [1.54, 1.807) is 18.4 Å². The second-order valence-corrected chi connectivity index (χ2v) is 7.10. The van der Waals surface area contributed by atoms with E-state index in [1.807, 2.05) is 35.9 Å². The van der Waals surface area contributed by atoms with Crippen LogP contribution in [-0.2, 0) is 13.1 Å². The summed E-state index contributed by atoms with van der Waals surface area (Å²) in [5, 5.41) is 8.27. The monoisotopic (exact) mass is 362 g/mol. The van der Waals surface area contributed by atoms with E-state index < -0.39 is 0 Å². The fourth-order valence-corrected chi connectivity index (χ4v) is 3.31. The molecule has 0 aliphatic carbocycles. The number of fused-ring (bicyclic) bond motifs is 1. The number of nitrogens with one attached hydrogen (secondary N) is 2. The molecule has 3 aromatic rings.